The Hall–Kier alpha value is -2.14. The van der Waals surface area contributed by atoms with E-state index in [0.29, 0.717) is 5.69 Å². The van der Waals surface area contributed by atoms with Crippen molar-refractivity contribution in [2.24, 2.45) is 0 Å². The van der Waals surface area contributed by atoms with Gasteiger partial charge in [0.15, 0.2) is 0 Å². The second kappa shape index (κ2) is 5.46. The molecule has 18 heavy (non-hydrogen) atoms. The van der Waals surface area contributed by atoms with Crippen LogP contribution >= 0.6 is 0 Å². The smallest absolute Gasteiger partial charge is 0.290 e. The minimum absolute atomic E-state index is 0.141. The van der Waals surface area contributed by atoms with E-state index >= 15 is 0 Å². The summed E-state index contributed by atoms with van der Waals surface area (Å²) in [6, 6.07) is 10.4. The Morgan fingerprint density at radius 3 is 2.72 bits per heavy atom. The van der Waals surface area contributed by atoms with Crippen molar-refractivity contribution in [3.05, 3.63) is 53.4 Å². The molecule has 1 unspecified atom stereocenters. The van der Waals surface area contributed by atoms with Gasteiger partial charge in [0, 0.05) is 6.07 Å². The minimum atomic E-state index is -0.455. The van der Waals surface area contributed by atoms with Gasteiger partial charge in [0.1, 0.15) is 0 Å². The summed E-state index contributed by atoms with van der Waals surface area (Å²) in [5.74, 6) is -0.250. The van der Waals surface area contributed by atoms with E-state index in [1.807, 2.05) is 30.3 Å². The highest BCUT2D eigenvalue weighted by Crippen LogP contribution is 2.13. The minimum Gasteiger partial charge on any atom is -0.394 e. The maximum atomic E-state index is 11.8. The molecule has 0 bridgehead atoms. The van der Waals surface area contributed by atoms with Crippen LogP contribution in [0.5, 0.6) is 0 Å². The zero-order valence-corrected chi connectivity index (χ0v) is 9.96. The standard InChI is InChI=1S/C13H14N2O3/c1-9-7-12(18-15-9)13(17)14-11(8-16)10-5-3-2-4-6-10/h2-7,11,16H,8H2,1H3,(H,14,17). The highest BCUT2D eigenvalue weighted by Gasteiger charge is 2.17. The normalized spacial score (nSPS) is 12.1. The second-order valence-electron chi connectivity index (χ2n) is 3.95. The monoisotopic (exact) mass is 246 g/mol. The molecule has 0 saturated heterocycles. The number of nitrogens with zero attached hydrogens (tertiary/aromatic N) is 1. The van der Waals surface area contributed by atoms with Crippen LogP contribution in [-0.4, -0.2) is 22.8 Å². The van der Waals surface area contributed by atoms with E-state index in [9.17, 15) is 9.90 Å². The topological polar surface area (TPSA) is 75.4 Å². The number of amides is 1. The first-order chi connectivity index (χ1) is 8.70. The van der Waals surface area contributed by atoms with Crippen LogP contribution in [0.15, 0.2) is 40.9 Å². The molecule has 1 atom stereocenters. The summed E-state index contributed by atoms with van der Waals surface area (Å²) in [7, 11) is 0. The van der Waals surface area contributed by atoms with Crippen LogP contribution in [0.25, 0.3) is 0 Å². The van der Waals surface area contributed by atoms with E-state index in [1.165, 1.54) is 0 Å². The van der Waals surface area contributed by atoms with Crippen LogP contribution in [0.4, 0.5) is 0 Å². The van der Waals surface area contributed by atoms with Crippen LogP contribution in [-0.2, 0) is 0 Å². The summed E-state index contributed by atoms with van der Waals surface area (Å²) in [4.78, 5) is 11.8. The molecule has 0 fully saturated rings. The molecule has 2 rings (SSSR count). The molecule has 2 aromatic rings. The number of aliphatic hydroxyl groups excluding tert-OH is 1. The largest absolute Gasteiger partial charge is 0.394 e. The Bertz CT molecular complexity index is 522. The van der Waals surface area contributed by atoms with Crippen LogP contribution < -0.4 is 5.32 Å². The van der Waals surface area contributed by atoms with Crippen molar-refractivity contribution < 1.29 is 14.4 Å². The fraction of sp³-hybridized carbons (Fsp3) is 0.231. The molecule has 2 N–H and O–H groups in total. The first-order valence-electron chi connectivity index (χ1n) is 5.60. The van der Waals surface area contributed by atoms with E-state index in [1.54, 1.807) is 13.0 Å². The lowest BCUT2D eigenvalue weighted by molar-refractivity contribution is 0.0879. The average Bonchev–Trinajstić information content (AvgIpc) is 2.83. The zero-order chi connectivity index (χ0) is 13.0. The molecule has 94 valence electrons. The Morgan fingerprint density at radius 1 is 1.44 bits per heavy atom. The summed E-state index contributed by atoms with van der Waals surface area (Å²) in [5.41, 5.74) is 1.48. The van der Waals surface area contributed by atoms with Crippen molar-refractivity contribution in [1.82, 2.24) is 10.5 Å². The Labute approximate surface area is 104 Å². The van der Waals surface area contributed by atoms with Gasteiger partial charge >= 0.3 is 0 Å². The summed E-state index contributed by atoms with van der Waals surface area (Å²) >= 11 is 0. The molecule has 0 aliphatic carbocycles. The number of carbonyl (C=O) groups is 1. The third-order valence-corrected chi connectivity index (χ3v) is 2.54. The lowest BCUT2D eigenvalue weighted by atomic mass is 10.1. The van der Waals surface area contributed by atoms with E-state index < -0.39 is 11.9 Å². The highest BCUT2D eigenvalue weighted by molar-refractivity contribution is 5.91. The van der Waals surface area contributed by atoms with Gasteiger partial charge < -0.3 is 14.9 Å². The number of nitrogens with one attached hydrogen (secondary N) is 1. The molecule has 5 heteroatoms. The van der Waals surface area contributed by atoms with Crippen molar-refractivity contribution >= 4 is 5.91 Å². The van der Waals surface area contributed by atoms with Crippen LogP contribution in [0.2, 0.25) is 0 Å². The summed E-state index contributed by atoms with van der Waals surface area (Å²) in [6.45, 7) is 1.56. The van der Waals surface area contributed by atoms with Gasteiger partial charge in [0.2, 0.25) is 5.76 Å². The van der Waals surface area contributed by atoms with Crippen molar-refractivity contribution in [3.8, 4) is 0 Å². The molecular weight excluding hydrogens is 232 g/mol. The molecule has 5 nitrogen and oxygen atoms in total. The van der Waals surface area contributed by atoms with Gasteiger partial charge in [-0.3, -0.25) is 4.79 Å². The first kappa shape index (κ1) is 12.3. The summed E-state index contributed by atoms with van der Waals surface area (Å²) in [5, 5.41) is 15.7. The van der Waals surface area contributed by atoms with Crippen molar-refractivity contribution in [2.45, 2.75) is 13.0 Å². The molecule has 0 aliphatic rings. The molecule has 1 aromatic carbocycles. The van der Waals surface area contributed by atoms with E-state index in [0.717, 1.165) is 5.56 Å². The summed E-state index contributed by atoms with van der Waals surface area (Å²) < 4.78 is 4.86. The lowest BCUT2D eigenvalue weighted by Crippen LogP contribution is -2.30. The molecule has 0 saturated carbocycles. The highest BCUT2D eigenvalue weighted by atomic mass is 16.5. The van der Waals surface area contributed by atoms with Gasteiger partial charge in [0.05, 0.1) is 18.3 Å². The number of benzene rings is 1. The Morgan fingerprint density at radius 2 is 2.17 bits per heavy atom. The first-order valence-corrected chi connectivity index (χ1v) is 5.60. The fourth-order valence-corrected chi connectivity index (χ4v) is 1.62. The van der Waals surface area contributed by atoms with Gasteiger partial charge in [-0.2, -0.15) is 0 Å². The van der Waals surface area contributed by atoms with Gasteiger partial charge in [-0.05, 0) is 12.5 Å². The SMILES string of the molecule is Cc1cc(C(=O)NC(CO)c2ccccc2)on1. The fourth-order valence-electron chi connectivity index (χ4n) is 1.62. The number of carbonyl (C=O) groups excluding carboxylic acids is 1. The Balaban J connectivity index is 2.10. The molecule has 1 amide bonds. The van der Waals surface area contributed by atoms with E-state index in [4.69, 9.17) is 4.52 Å². The molecular formula is C13H14N2O3. The van der Waals surface area contributed by atoms with E-state index in [-0.39, 0.29) is 12.4 Å². The number of rotatable bonds is 4. The number of hydrogen-bond donors (Lipinski definition) is 2. The lowest BCUT2D eigenvalue weighted by Gasteiger charge is -2.15. The number of aromatic nitrogens is 1. The molecule has 0 radical (unpaired) electrons. The predicted molar refractivity (Wildman–Crippen MR) is 65.0 cm³/mol. The van der Waals surface area contributed by atoms with Gasteiger partial charge in [0.25, 0.3) is 5.91 Å². The average molecular weight is 246 g/mol. The second-order valence-corrected chi connectivity index (χ2v) is 3.95. The molecule has 1 heterocycles. The van der Waals surface area contributed by atoms with Crippen molar-refractivity contribution in [2.75, 3.05) is 6.61 Å². The quantitative estimate of drug-likeness (QED) is 0.856. The van der Waals surface area contributed by atoms with Crippen molar-refractivity contribution in [1.29, 1.82) is 0 Å². The third-order valence-electron chi connectivity index (χ3n) is 2.54. The van der Waals surface area contributed by atoms with E-state index in [2.05, 4.69) is 10.5 Å². The molecule has 0 spiro atoms. The maximum Gasteiger partial charge on any atom is 0.290 e. The van der Waals surface area contributed by atoms with Gasteiger partial charge in [-0.15, -0.1) is 0 Å². The molecule has 1 aromatic heterocycles. The van der Waals surface area contributed by atoms with Gasteiger partial charge in [-0.1, -0.05) is 35.5 Å². The maximum absolute atomic E-state index is 11.8. The number of hydrogen-bond acceptors (Lipinski definition) is 4. The zero-order valence-electron chi connectivity index (χ0n) is 9.96. The Kier molecular flexibility index (Phi) is 3.74. The summed E-state index contributed by atoms with van der Waals surface area (Å²) in [6.07, 6.45) is 0. The van der Waals surface area contributed by atoms with Crippen LogP contribution in [0.1, 0.15) is 27.9 Å². The molecule has 0 aliphatic heterocycles. The third kappa shape index (κ3) is 2.75. The van der Waals surface area contributed by atoms with Gasteiger partial charge in [-0.25, -0.2) is 0 Å². The van der Waals surface area contributed by atoms with Crippen LogP contribution in [0, 0.1) is 6.92 Å². The van der Waals surface area contributed by atoms with Crippen molar-refractivity contribution in [3.63, 3.8) is 0 Å². The predicted octanol–water partition coefficient (Wildman–Crippen LogP) is 1.45. The number of aliphatic hydroxyl groups is 1. The van der Waals surface area contributed by atoms with Crippen LogP contribution in [0.3, 0.4) is 0 Å². The number of aryl methyl sites for hydroxylation is 1.